The van der Waals surface area contributed by atoms with Crippen molar-refractivity contribution in [2.45, 2.75) is 4.34 Å². The van der Waals surface area contributed by atoms with Crippen molar-refractivity contribution in [1.29, 1.82) is 0 Å². The maximum absolute atomic E-state index is 11.2. The Morgan fingerprint density at radius 3 is 2.54 bits per heavy atom. The van der Waals surface area contributed by atoms with Gasteiger partial charge in [-0.25, -0.2) is 4.98 Å². The number of thiazole rings is 1. The summed E-state index contributed by atoms with van der Waals surface area (Å²) in [7, 11) is 3.35. The Balaban J connectivity index is 2.70. The van der Waals surface area contributed by atoms with Crippen molar-refractivity contribution in [3.05, 3.63) is 9.49 Å². The highest BCUT2D eigenvalue weighted by Gasteiger charge is 2.12. The molecule has 0 atom stereocenters. The molecule has 0 aliphatic heterocycles. The van der Waals surface area contributed by atoms with Crippen LogP contribution in [0.15, 0.2) is 4.34 Å². The summed E-state index contributed by atoms with van der Waals surface area (Å²) >= 11 is 13.5. The highest BCUT2D eigenvalue weighted by molar-refractivity contribution is 8.14. The zero-order valence-electron chi connectivity index (χ0n) is 6.88. The Labute approximate surface area is 94.0 Å². The normalized spacial score (nSPS) is 10.2. The molecule has 1 amide bonds. The average Bonchev–Trinajstić information content (AvgIpc) is 2.31. The van der Waals surface area contributed by atoms with Crippen LogP contribution in [0.2, 0.25) is 9.49 Å². The summed E-state index contributed by atoms with van der Waals surface area (Å²) in [6, 6.07) is 0. The molecule has 0 aromatic carbocycles. The molecule has 0 N–H and O–H groups in total. The molecule has 0 aliphatic carbocycles. The van der Waals surface area contributed by atoms with Crippen LogP contribution in [0, 0.1) is 0 Å². The number of nitrogens with zero attached hydrogens (tertiary/aromatic N) is 2. The van der Waals surface area contributed by atoms with E-state index in [4.69, 9.17) is 23.2 Å². The summed E-state index contributed by atoms with van der Waals surface area (Å²) in [5.74, 6) is 0. The van der Waals surface area contributed by atoms with E-state index in [0.29, 0.717) is 8.68 Å². The van der Waals surface area contributed by atoms with Crippen molar-refractivity contribution >= 4 is 51.5 Å². The molecular weight excluding hydrogens is 251 g/mol. The van der Waals surface area contributed by atoms with Crippen molar-refractivity contribution in [2.75, 3.05) is 14.1 Å². The zero-order valence-corrected chi connectivity index (χ0v) is 10.0. The number of halogens is 2. The number of hydrogen-bond acceptors (Lipinski definition) is 4. The lowest BCUT2D eigenvalue weighted by molar-refractivity contribution is 0.241. The molecule has 0 saturated heterocycles. The summed E-state index contributed by atoms with van der Waals surface area (Å²) in [4.78, 5) is 16.6. The summed E-state index contributed by atoms with van der Waals surface area (Å²) in [6.45, 7) is 0. The van der Waals surface area contributed by atoms with Crippen LogP contribution < -0.4 is 0 Å². The van der Waals surface area contributed by atoms with Crippen molar-refractivity contribution in [3.8, 4) is 0 Å². The molecule has 1 heterocycles. The number of aromatic nitrogens is 1. The van der Waals surface area contributed by atoms with Crippen LogP contribution in [0.5, 0.6) is 0 Å². The Hall–Kier alpha value is 0.0300. The van der Waals surface area contributed by atoms with Gasteiger partial charge in [0.15, 0.2) is 9.49 Å². The van der Waals surface area contributed by atoms with Gasteiger partial charge in [-0.15, -0.1) is 0 Å². The van der Waals surface area contributed by atoms with Gasteiger partial charge in [-0.1, -0.05) is 34.5 Å². The average molecular weight is 257 g/mol. The summed E-state index contributed by atoms with van der Waals surface area (Å²) in [5.41, 5.74) is 0. The first-order valence-electron chi connectivity index (χ1n) is 3.21. The molecular formula is C6H6Cl2N2OS2. The highest BCUT2D eigenvalue weighted by Crippen LogP contribution is 2.34. The minimum Gasteiger partial charge on any atom is -0.339 e. The fraction of sp³-hybridized carbons (Fsp3) is 0.333. The standard InChI is InChI=1S/C6H6Cl2N2OS2/c1-10(2)6(11)13-5-9-3(7)4(8)12-5/h1-2H3. The van der Waals surface area contributed by atoms with Gasteiger partial charge in [0.2, 0.25) is 0 Å². The molecule has 0 aliphatic rings. The molecule has 3 nitrogen and oxygen atoms in total. The lowest BCUT2D eigenvalue weighted by Crippen LogP contribution is -2.15. The number of carbonyl (C=O) groups excluding carboxylic acids is 1. The largest absolute Gasteiger partial charge is 0.339 e. The summed E-state index contributed by atoms with van der Waals surface area (Å²) in [6.07, 6.45) is 0. The van der Waals surface area contributed by atoms with Crippen LogP contribution in [0.25, 0.3) is 0 Å². The quantitative estimate of drug-likeness (QED) is 0.724. The van der Waals surface area contributed by atoms with Gasteiger partial charge < -0.3 is 4.90 Å². The molecule has 0 radical (unpaired) electrons. The van der Waals surface area contributed by atoms with Gasteiger partial charge in [-0.3, -0.25) is 4.79 Å². The van der Waals surface area contributed by atoms with Gasteiger partial charge in [-0.05, 0) is 0 Å². The molecule has 13 heavy (non-hydrogen) atoms. The molecule has 0 spiro atoms. The third kappa shape index (κ3) is 3.02. The number of carbonyl (C=O) groups is 1. The second-order valence-electron chi connectivity index (χ2n) is 2.31. The zero-order chi connectivity index (χ0) is 10.0. The van der Waals surface area contributed by atoms with Crippen molar-refractivity contribution in [3.63, 3.8) is 0 Å². The van der Waals surface area contributed by atoms with E-state index in [2.05, 4.69) is 4.98 Å². The molecule has 7 heteroatoms. The van der Waals surface area contributed by atoms with E-state index in [-0.39, 0.29) is 10.4 Å². The first-order chi connectivity index (χ1) is 6.00. The van der Waals surface area contributed by atoms with Crippen LogP contribution in [-0.4, -0.2) is 29.2 Å². The second kappa shape index (κ2) is 4.50. The van der Waals surface area contributed by atoms with Gasteiger partial charge in [0.1, 0.15) is 4.34 Å². The van der Waals surface area contributed by atoms with Crippen LogP contribution in [0.3, 0.4) is 0 Å². The summed E-state index contributed by atoms with van der Waals surface area (Å²) < 4.78 is 0.976. The molecule has 1 rings (SSSR count). The third-order valence-electron chi connectivity index (χ3n) is 1.07. The fourth-order valence-corrected chi connectivity index (χ4v) is 2.69. The monoisotopic (exact) mass is 256 g/mol. The van der Waals surface area contributed by atoms with Gasteiger partial charge in [0.05, 0.1) is 0 Å². The first-order valence-corrected chi connectivity index (χ1v) is 5.60. The predicted molar refractivity (Wildman–Crippen MR) is 57.1 cm³/mol. The van der Waals surface area contributed by atoms with Crippen LogP contribution in [0.1, 0.15) is 0 Å². The van der Waals surface area contributed by atoms with E-state index in [9.17, 15) is 4.79 Å². The molecule has 0 unspecified atom stereocenters. The first kappa shape index (κ1) is 11.1. The predicted octanol–water partition coefficient (Wildman–Crippen LogP) is 3.22. The summed E-state index contributed by atoms with van der Waals surface area (Å²) in [5, 5.41) is 0.155. The van der Waals surface area contributed by atoms with Crippen molar-refractivity contribution < 1.29 is 4.79 Å². The smallest absolute Gasteiger partial charge is 0.288 e. The van der Waals surface area contributed by atoms with Gasteiger partial charge in [0, 0.05) is 25.9 Å². The minimum absolute atomic E-state index is 0.0953. The van der Waals surface area contributed by atoms with Gasteiger partial charge in [0.25, 0.3) is 5.24 Å². The van der Waals surface area contributed by atoms with Crippen LogP contribution in [-0.2, 0) is 0 Å². The Kier molecular flexibility index (Phi) is 3.85. The lowest BCUT2D eigenvalue weighted by Gasteiger charge is -2.06. The van der Waals surface area contributed by atoms with Crippen molar-refractivity contribution in [1.82, 2.24) is 9.88 Å². The van der Waals surface area contributed by atoms with Gasteiger partial charge in [-0.2, -0.15) is 0 Å². The highest BCUT2D eigenvalue weighted by atomic mass is 35.5. The maximum atomic E-state index is 11.2. The second-order valence-corrected chi connectivity index (χ2v) is 5.46. The SMILES string of the molecule is CN(C)C(=O)Sc1nc(Cl)c(Cl)s1. The Bertz CT molecular complexity index is 307. The fourth-order valence-electron chi connectivity index (χ4n) is 0.475. The van der Waals surface area contributed by atoms with E-state index >= 15 is 0 Å². The van der Waals surface area contributed by atoms with E-state index in [1.165, 1.54) is 16.2 Å². The Morgan fingerprint density at radius 1 is 1.54 bits per heavy atom. The third-order valence-corrected chi connectivity index (χ3v) is 3.91. The maximum Gasteiger partial charge on any atom is 0.288 e. The number of hydrogen-bond donors (Lipinski definition) is 0. The van der Waals surface area contributed by atoms with E-state index in [1.807, 2.05) is 0 Å². The van der Waals surface area contributed by atoms with Crippen LogP contribution in [0.4, 0.5) is 4.79 Å². The Morgan fingerprint density at radius 2 is 2.15 bits per heavy atom. The van der Waals surface area contributed by atoms with E-state index in [1.54, 1.807) is 14.1 Å². The van der Waals surface area contributed by atoms with E-state index in [0.717, 1.165) is 11.8 Å². The van der Waals surface area contributed by atoms with E-state index < -0.39 is 0 Å². The number of thioether (sulfide) groups is 1. The van der Waals surface area contributed by atoms with Crippen LogP contribution >= 0.6 is 46.3 Å². The molecule has 0 bridgehead atoms. The molecule has 0 saturated carbocycles. The number of amides is 1. The molecule has 1 aromatic rings. The minimum atomic E-state index is -0.0953. The number of rotatable bonds is 1. The molecule has 0 fully saturated rings. The van der Waals surface area contributed by atoms with Gasteiger partial charge >= 0.3 is 0 Å². The molecule has 72 valence electrons. The lowest BCUT2D eigenvalue weighted by atomic mass is 11.0. The van der Waals surface area contributed by atoms with Crippen molar-refractivity contribution in [2.24, 2.45) is 0 Å². The molecule has 1 aromatic heterocycles. The topological polar surface area (TPSA) is 33.2 Å².